The van der Waals surface area contributed by atoms with Crippen molar-refractivity contribution in [2.45, 2.75) is 43.5 Å². The summed E-state index contributed by atoms with van der Waals surface area (Å²) in [5.74, 6) is 0.152. The number of nitrogens with zero attached hydrogens (tertiary/aromatic N) is 1. The molecule has 2 rings (SSSR count). The van der Waals surface area contributed by atoms with Gasteiger partial charge in [-0.3, -0.25) is 0 Å². The van der Waals surface area contributed by atoms with Crippen molar-refractivity contribution >= 4 is 17.6 Å². The number of thioether (sulfide) groups is 1. The van der Waals surface area contributed by atoms with E-state index in [2.05, 4.69) is 16.7 Å². The lowest BCUT2D eigenvalue weighted by Crippen LogP contribution is -2.39. The van der Waals surface area contributed by atoms with Crippen molar-refractivity contribution in [2.75, 3.05) is 6.26 Å². The third kappa shape index (κ3) is 3.90. The van der Waals surface area contributed by atoms with Crippen LogP contribution in [-0.2, 0) is 6.54 Å². The van der Waals surface area contributed by atoms with Crippen LogP contribution in [0.5, 0.6) is 0 Å². The van der Waals surface area contributed by atoms with Gasteiger partial charge in [-0.25, -0.2) is 0 Å². The van der Waals surface area contributed by atoms with Gasteiger partial charge in [-0.05, 0) is 24.7 Å². The Morgan fingerprint density at radius 2 is 2.05 bits per heavy atom. The van der Waals surface area contributed by atoms with Gasteiger partial charge in [0.25, 0.3) is 0 Å². The highest BCUT2D eigenvalue weighted by atomic mass is 32.2. The topological polar surface area (TPSA) is 70.6 Å². The average molecular weight is 293 g/mol. The van der Waals surface area contributed by atoms with Crippen molar-refractivity contribution in [1.29, 1.82) is 0 Å². The summed E-state index contributed by atoms with van der Waals surface area (Å²) in [6.45, 7) is 0.873. The van der Waals surface area contributed by atoms with Crippen LogP contribution in [0.4, 0.5) is 0 Å². The molecule has 0 heterocycles. The molecule has 1 aromatic carbocycles. The largest absolute Gasteiger partial charge is 0.409 e. The maximum atomic E-state index is 8.64. The van der Waals surface area contributed by atoms with E-state index in [1.54, 1.807) is 0 Å². The highest BCUT2D eigenvalue weighted by molar-refractivity contribution is 7.99. The molecule has 1 saturated carbocycles. The smallest absolute Gasteiger partial charge is 0.170 e. The van der Waals surface area contributed by atoms with Gasteiger partial charge in [0.15, 0.2) is 5.84 Å². The quantitative estimate of drug-likeness (QED) is 0.338. The Morgan fingerprint density at radius 3 is 2.70 bits per heavy atom. The molecule has 0 aromatic heterocycles. The number of benzene rings is 1. The van der Waals surface area contributed by atoms with Crippen LogP contribution < -0.4 is 11.1 Å². The van der Waals surface area contributed by atoms with E-state index in [-0.39, 0.29) is 5.84 Å². The predicted octanol–water partition coefficient (Wildman–Crippen LogP) is 2.54. The second kappa shape index (κ2) is 7.55. The third-order valence-corrected chi connectivity index (χ3v) is 5.10. The Kier molecular flexibility index (Phi) is 5.73. The summed E-state index contributed by atoms with van der Waals surface area (Å²) in [7, 11) is 0. The third-order valence-electron chi connectivity index (χ3n) is 3.93. The van der Waals surface area contributed by atoms with Crippen molar-refractivity contribution in [3.8, 4) is 0 Å². The first kappa shape index (κ1) is 15.2. The first-order chi connectivity index (χ1) is 9.74. The number of hydrogen-bond donors (Lipinski definition) is 3. The number of rotatable bonds is 5. The van der Waals surface area contributed by atoms with Crippen molar-refractivity contribution in [1.82, 2.24) is 5.32 Å². The molecule has 110 valence electrons. The SMILES string of the molecule is CSC1CCCCC1NCc1ccc(/C(N)=N/O)cc1. The Balaban J connectivity index is 1.90. The van der Waals surface area contributed by atoms with E-state index in [1.807, 2.05) is 36.0 Å². The second-order valence-corrected chi connectivity index (χ2v) is 6.31. The molecule has 0 saturated heterocycles. The zero-order valence-corrected chi connectivity index (χ0v) is 12.7. The van der Waals surface area contributed by atoms with Gasteiger partial charge in [0.05, 0.1) is 0 Å². The first-order valence-corrected chi connectivity index (χ1v) is 8.36. The van der Waals surface area contributed by atoms with Crippen LogP contribution in [0.15, 0.2) is 29.4 Å². The normalized spacial score (nSPS) is 23.8. The van der Waals surface area contributed by atoms with Crippen LogP contribution in [-0.4, -0.2) is 28.6 Å². The zero-order valence-electron chi connectivity index (χ0n) is 11.9. The van der Waals surface area contributed by atoms with Gasteiger partial charge in [-0.2, -0.15) is 11.8 Å². The molecule has 0 bridgehead atoms. The van der Waals surface area contributed by atoms with Crippen LogP contribution in [0.1, 0.15) is 36.8 Å². The molecular weight excluding hydrogens is 270 g/mol. The van der Waals surface area contributed by atoms with Crippen LogP contribution in [0.3, 0.4) is 0 Å². The molecule has 1 aromatic rings. The molecule has 2 atom stereocenters. The minimum absolute atomic E-state index is 0.152. The fourth-order valence-corrected chi connectivity index (χ4v) is 3.68. The second-order valence-electron chi connectivity index (χ2n) is 5.23. The molecule has 0 aliphatic heterocycles. The molecule has 5 heteroatoms. The van der Waals surface area contributed by atoms with E-state index < -0.39 is 0 Å². The lowest BCUT2D eigenvalue weighted by molar-refractivity contribution is 0.318. The molecular formula is C15H23N3OS. The molecule has 0 spiro atoms. The summed E-state index contributed by atoms with van der Waals surface area (Å²) >= 11 is 1.98. The monoisotopic (exact) mass is 293 g/mol. The number of oxime groups is 1. The van der Waals surface area contributed by atoms with E-state index >= 15 is 0 Å². The number of nitrogens with two attached hydrogens (primary N) is 1. The van der Waals surface area contributed by atoms with Crippen molar-refractivity contribution in [3.05, 3.63) is 35.4 Å². The summed E-state index contributed by atoms with van der Waals surface area (Å²) in [5.41, 5.74) is 7.53. The minimum Gasteiger partial charge on any atom is -0.409 e. The maximum Gasteiger partial charge on any atom is 0.170 e. The van der Waals surface area contributed by atoms with Crippen LogP contribution >= 0.6 is 11.8 Å². The van der Waals surface area contributed by atoms with Gasteiger partial charge in [0.2, 0.25) is 0 Å². The van der Waals surface area contributed by atoms with Crippen molar-refractivity contribution in [2.24, 2.45) is 10.9 Å². The highest BCUT2D eigenvalue weighted by Gasteiger charge is 2.23. The van der Waals surface area contributed by atoms with Gasteiger partial charge in [0, 0.05) is 23.4 Å². The molecule has 0 radical (unpaired) electrons. The van der Waals surface area contributed by atoms with Crippen molar-refractivity contribution in [3.63, 3.8) is 0 Å². The lowest BCUT2D eigenvalue weighted by Gasteiger charge is -2.31. The van der Waals surface area contributed by atoms with Gasteiger partial charge in [-0.15, -0.1) is 0 Å². The summed E-state index contributed by atoms with van der Waals surface area (Å²) in [4.78, 5) is 0. The molecule has 0 amide bonds. The van der Waals surface area contributed by atoms with Gasteiger partial charge in [-0.1, -0.05) is 42.3 Å². The molecule has 4 nitrogen and oxygen atoms in total. The fourth-order valence-electron chi connectivity index (χ4n) is 2.71. The van der Waals surface area contributed by atoms with E-state index in [0.717, 1.165) is 17.4 Å². The van der Waals surface area contributed by atoms with E-state index in [0.29, 0.717) is 6.04 Å². The standard InChI is InChI=1S/C15H23N3OS/c1-20-14-5-3-2-4-13(14)17-10-11-6-8-12(9-7-11)15(16)18-19/h6-9,13-14,17,19H,2-5,10H2,1H3,(H2,16,18). The lowest BCUT2D eigenvalue weighted by atomic mass is 9.94. The Bertz CT molecular complexity index is 447. The Hall–Kier alpha value is -1.20. The fraction of sp³-hybridized carbons (Fsp3) is 0.533. The van der Waals surface area contributed by atoms with E-state index in [9.17, 15) is 0 Å². The van der Waals surface area contributed by atoms with Gasteiger partial charge in [0.1, 0.15) is 0 Å². The Labute approximate surface area is 124 Å². The van der Waals surface area contributed by atoms with E-state index in [1.165, 1.54) is 31.2 Å². The zero-order chi connectivity index (χ0) is 14.4. The molecule has 1 fully saturated rings. The summed E-state index contributed by atoms with van der Waals surface area (Å²) in [6, 6.07) is 8.44. The van der Waals surface area contributed by atoms with Crippen LogP contribution in [0.25, 0.3) is 0 Å². The number of nitrogens with one attached hydrogen (secondary N) is 1. The molecule has 1 aliphatic carbocycles. The average Bonchev–Trinajstić information content (AvgIpc) is 2.53. The van der Waals surface area contributed by atoms with Gasteiger partial charge < -0.3 is 16.3 Å². The molecule has 2 unspecified atom stereocenters. The predicted molar refractivity (Wildman–Crippen MR) is 85.4 cm³/mol. The molecule has 20 heavy (non-hydrogen) atoms. The summed E-state index contributed by atoms with van der Waals surface area (Å²) in [5, 5.41) is 16.0. The summed E-state index contributed by atoms with van der Waals surface area (Å²) in [6.07, 6.45) is 7.49. The highest BCUT2D eigenvalue weighted by Crippen LogP contribution is 2.27. The number of hydrogen-bond acceptors (Lipinski definition) is 4. The first-order valence-electron chi connectivity index (χ1n) is 7.07. The van der Waals surface area contributed by atoms with Crippen LogP contribution in [0, 0.1) is 0 Å². The molecule has 1 aliphatic rings. The Morgan fingerprint density at radius 1 is 1.35 bits per heavy atom. The van der Waals surface area contributed by atoms with Gasteiger partial charge >= 0.3 is 0 Å². The number of amidine groups is 1. The maximum absolute atomic E-state index is 8.64. The van der Waals surface area contributed by atoms with Crippen molar-refractivity contribution < 1.29 is 5.21 Å². The molecule has 4 N–H and O–H groups in total. The van der Waals surface area contributed by atoms with E-state index in [4.69, 9.17) is 10.9 Å². The summed E-state index contributed by atoms with van der Waals surface area (Å²) < 4.78 is 0. The van der Waals surface area contributed by atoms with Crippen LogP contribution in [0.2, 0.25) is 0 Å². The minimum atomic E-state index is 0.152.